The molecule has 0 aliphatic carbocycles. The Bertz CT molecular complexity index is 592. The Hall–Kier alpha value is -1.07. The van der Waals surface area contributed by atoms with Crippen molar-refractivity contribution >= 4 is 15.7 Å². The zero-order valence-corrected chi connectivity index (χ0v) is 12.7. The van der Waals surface area contributed by atoms with E-state index in [-0.39, 0.29) is 0 Å². The van der Waals surface area contributed by atoms with Gasteiger partial charge in [-0.2, -0.15) is 0 Å². The lowest BCUT2D eigenvalue weighted by atomic mass is 9.86. The maximum Gasteiger partial charge on any atom is 0.232 e. The van der Waals surface area contributed by atoms with Gasteiger partial charge >= 0.3 is 0 Å². The first-order chi connectivity index (χ1) is 9.57. The van der Waals surface area contributed by atoms with Crippen LogP contribution in [0.25, 0.3) is 0 Å². The van der Waals surface area contributed by atoms with Crippen molar-refractivity contribution in [1.29, 1.82) is 0 Å². The second kappa shape index (κ2) is 5.37. The number of sulfonamides is 1. The first-order valence-electron chi connectivity index (χ1n) is 7.37. The van der Waals surface area contributed by atoms with Gasteiger partial charge in [0.05, 0.1) is 11.9 Å². The van der Waals surface area contributed by atoms with Crippen LogP contribution in [0.4, 0.5) is 5.69 Å². The van der Waals surface area contributed by atoms with Gasteiger partial charge in [0.25, 0.3) is 0 Å². The minimum absolute atomic E-state index is 0.480. The molecule has 0 amide bonds. The third-order valence-electron chi connectivity index (χ3n) is 4.39. The van der Waals surface area contributed by atoms with E-state index in [2.05, 4.69) is 23.5 Å². The molecule has 0 radical (unpaired) electrons. The SMILES string of the molecule is CS(=O)(=O)N1CCCc2cccc(C3CCNCC3)c21. The molecule has 110 valence electrons. The molecular formula is C15H22N2O2S. The van der Waals surface area contributed by atoms with Gasteiger partial charge in [-0.15, -0.1) is 0 Å². The minimum atomic E-state index is -3.18. The molecule has 1 aromatic rings. The minimum Gasteiger partial charge on any atom is -0.317 e. The summed E-state index contributed by atoms with van der Waals surface area (Å²) in [7, 11) is -3.18. The lowest BCUT2D eigenvalue weighted by Gasteiger charge is -2.34. The van der Waals surface area contributed by atoms with Crippen LogP contribution in [0.2, 0.25) is 0 Å². The lowest BCUT2D eigenvalue weighted by molar-refractivity contribution is 0.460. The van der Waals surface area contributed by atoms with Crippen LogP contribution in [0.3, 0.4) is 0 Å². The number of benzene rings is 1. The largest absolute Gasteiger partial charge is 0.317 e. The highest BCUT2D eigenvalue weighted by atomic mass is 32.2. The van der Waals surface area contributed by atoms with Gasteiger partial charge in [-0.05, 0) is 55.8 Å². The number of aryl methyl sites for hydroxylation is 1. The summed E-state index contributed by atoms with van der Waals surface area (Å²) >= 11 is 0. The molecule has 2 heterocycles. The van der Waals surface area contributed by atoms with Crippen molar-refractivity contribution in [2.75, 3.05) is 30.2 Å². The van der Waals surface area contributed by atoms with Gasteiger partial charge in [0.1, 0.15) is 0 Å². The zero-order valence-electron chi connectivity index (χ0n) is 11.9. The molecule has 2 aliphatic rings. The predicted octanol–water partition coefficient (Wildman–Crippen LogP) is 1.87. The molecule has 0 aromatic heterocycles. The number of rotatable bonds is 2. The third kappa shape index (κ3) is 2.56. The topological polar surface area (TPSA) is 49.4 Å². The van der Waals surface area contributed by atoms with Crippen molar-refractivity contribution in [3.05, 3.63) is 29.3 Å². The summed E-state index contributed by atoms with van der Waals surface area (Å²) in [5, 5.41) is 3.37. The summed E-state index contributed by atoms with van der Waals surface area (Å²) in [6, 6.07) is 6.29. The van der Waals surface area contributed by atoms with Crippen molar-refractivity contribution in [3.8, 4) is 0 Å². The average Bonchev–Trinajstić information content (AvgIpc) is 2.46. The summed E-state index contributed by atoms with van der Waals surface area (Å²) in [6.45, 7) is 2.66. The number of hydrogen-bond donors (Lipinski definition) is 1. The molecule has 5 heteroatoms. The molecule has 2 aliphatic heterocycles. The Morgan fingerprint density at radius 1 is 1.25 bits per heavy atom. The highest BCUT2D eigenvalue weighted by molar-refractivity contribution is 7.92. The molecule has 0 saturated carbocycles. The van der Waals surface area contributed by atoms with E-state index < -0.39 is 10.0 Å². The Balaban J connectivity index is 2.07. The molecule has 1 N–H and O–H groups in total. The summed E-state index contributed by atoms with van der Waals surface area (Å²) in [5.74, 6) is 0.480. The third-order valence-corrected chi connectivity index (χ3v) is 5.55. The lowest BCUT2D eigenvalue weighted by Crippen LogP contribution is -2.36. The van der Waals surface area contributed by atoms with E-state index in [1.165, 1.54) is 17.4 Å². The Kier molecular flexibility index (Phi) is 3.73. The molecule has 0 atom stereocenters. The van der Waals surface area contributed by atoms with Crippen LogP contribution in [0, 0.1) is 0 Å². The van der Waals surface area contributed by atoms with Crippen molar-refractivity contribution in [3.63, 3.8) is 0 Å². The van der Waals surface area contributed by atoms with E-state index in [1.807, 2.05) is 0 Å². The van der Waals surface area contributed by atoms with Gasteiger partial charge in [-0.3, -0.25) is 4.31 Å². The maximum absolute atomic E-state index is 12.1. The van der Waals surface area contributed by atoms with Crippen LogP contribution in [0.1, 0.15) is 36.3 Å². The van der Waals surface area contributed by atoms with Gasteiger partial charge in [0, 0.05) is 6.54 Å². The van der Waals surface area contributed by atoms with Crippen LogP contribution < -0.4 is 9.62 Å². The summed E-state index contributed by atoms with van der Waals surface area (Å²) in [4.78, 5) is 0. The number of anilines is 1. The fourth-order valence-corrected chi connectivity index (χ4v) is 4.45. The molecule has 1 saturated heterocycles. The normalized spacial score (nSPS) is 20.8. The van der Waals surface area contributed by atoms with Gasteiger partial charge in [0.2, 0.25) is 10.0 Å². The van der Waals surface area contributed by atoms with E-state index in [1.54, 1.807) is 4.31 Å². The van der Waals surface area contributed by atoms with E-state index >= 15 is 0 Å². The predicted molar refractivity (Wildman–Crippen MR) is 81.8 cm³/mol. The Morgan fingerprint density at radius 2 is 2.00 bits per heavy atom. The van der Waals surface area contributed by atoms with Gasteiger partial charge in [-0.1, -0.05) is 18.2 Å². The molecule has 0 unspecified atom stereocenters. The van der Waals surface area contributed by atoms with E-state index in [9.17, 15) is 8.42 Å². The standard InChI is InChI=1S/C15H22N2O2S/c1-20(18,19)17-11-3-5-13-4-2-6-14(15(13)17)12-7-9-16-10-8-12/h2,4,6,12,16H,3,5,7-11H2,1H3. The second-order valence-electron chi connectivity index (χ2n) is 5.82. The number of nitrogens with zero attached hydrogens (tertiary/aromatic N) is 1. The Labute approximate surface area is 121 Å². The summed E-state index contributed by atoms with van der Waals surface area (Å²) in [5.41, 5.74) is 3.40. The molecule has 20 heavy (non-hydrogen) atoms. The highest BCUT2D eigenvalue weighted by Gasteiger charge is 2.29. The molecule has 0 bridgehead atoms. The van der Waals surface area contributed by atoms with Crippen LogP contribution in [0.5, 0.6) is 0 Å². The molecule has 3 rings (SSSR count). The molecule has 1 fully saturated rings. The number of hydrogen-bond acceptors (Lipinski definition) is 3. The van der Waals surface area contributed by atoms with E-state index in [4.69, 9.17) is 0 Å². The number of piperidine rings is 1. The van der Waals surface area contributed by atoms with Crippen LogP contribution in [-0.2, 0) is 16.4 Å². The summed E-state index contributed by atoms with van der Waals surface area (Å²) < 4.78 is 25.8. The fraction of sp³-hybridized carbons (Fsp3) is 0.600. The second-order valence-corrected chi connectivity index (χ2v) is 7.72. The monoisotopic (exact) mass is 294 g/mol. The maximum atomic E-state index is 12.1. The quantitative estimate of drug-likeness (QED) is 0.906. The molecule has 0 spiro atoms. The molecule has 1 aromatic carbocycles. The molecular weight excluding hydrogens is 272 g/mol. The molecule has 4 nitrogen and oxygen atoms in total. The summed E-state index contributed by atoms with van der Waals surface area (Å²) in [6.07, 6.45) is 5.40. The average molecular weight is 294 g/mol. The first kappa shape index (κ1) is 13.9. The van der Waals surface area contributed by atoms with Crippen molar-refractivity contribution in [2.45, 2.75) is 31.6 Å². The Morgan fingerprint density at radius 3 is 2.70 bits per heavy atom. The van der Waals surface area contributed by atoms with E-state index in [0.29, 0.717) is 12.5 Å². The van der Waals surface area contributed by atoms with Crippen LogP contribution in [0.15, 0.2) is 18.2 Å². The van der Waals surface area contributed by atoms with Crippen LogP contribution in [-0.4, -0.2) is 34.3 Å². The highest BCUT2D eigenvalue weighted by Crippen LogP contribution is 2.39. The first-order valence-corrected chi connectivity index (χ1v) is 9.22. The number of fused-ring (bicyclic) bond motifs is 1. The smallest absolute Gasteiger partial charge is 0.232 e. The van der Waals surface area contributed by atoms with E-state index in [0.717, 1.165) is 44.5 Å². The fourth-order valence-electron chi connectivity index (χ4n) is 3.44. The van der Waals surface area contributed by atoms with Crippen molar-refractivity contribution in [2.24, 2.45) is 0 Å². The number of nitrogens with one attached hydrogen (secondary N) is 1. The zero-order chi connectivity index (χ0) is 14.2. The van der Waals surface area contributed by atoms with Gasteiger partial charge in [-0.25, -0.2) is 8.42 Å². The number of para-hydroxylation sites is 1. The van der Waals surface area contributed by atoms with Gasteiger partial charge in [0.15, 0.2) is 0 Å². The van der Waals surface area contributed by atoms with Crippen molar-refractivity contribution < 1.29 is 8.42 Å². The van der Waals surface area contributed by atoms with Crippen molar-refractivity contribution in [1.82, 2.24) is 5.32 Å². The van der Waals surface area contributed by atoms with Crippen LogP contribution >= 0.6 is 0 Å². The van der Waals surface area contributed by atoms with Gasteiger partial charge < -0.3 is 5.32 Å².